The van der Waals surface area contributed by atoms with E-state index in [1.54, 1.807) is 43.5 Å². The van der Waals surface area contributed by atoms with Crippen molar-refractivity contribution in [3.63, 3.8) is 0 Å². The van der Waals surface area contributed by atoms with Crippen LogP contribution in [0.15, 0.2) is 51.5 Å². The van der Waals surface area contributed by atoms with Crippen molar-refractivity contribution in [1.82, 2.24) is 0 Å². The van der Waals surface area contributed by atoms with Crippen LogP contribution in [0.2, 0.25) is 0 Å². The van der Waals surface area contributed by atoms with Crippen LogP contribution in [0.1, 0.15) is 17.1 Å². The van der Waals surface area contributed by atoms with E-state index >= 15 is 0 Å². The fourth-order valence-corrected chi connectivity index (χ4v) is 1.93. The molecule has 5 nitrogen and oxygen atoms in total. The van der Waals surface area contributed by atoms with E-state index in [2.05, 4.69) is 4.99 Å². The molecule has 0 bridgehead atoms. The lowest BCUT2D eigenvalue weighted by Crippen LogP contribution is -2.05. The number of nitrogens with zero attached hydrogens (tertiary/aromatic N) is 1. The Morgan fingerprint density at radius 2 is 1.90 bits per heavy atom. The molecule has 0 aliphatic carbocycles. The molecule has 0 atom stereocenters. The van der Waals surface area contributed by atoms with E-state index in [0.717, 1.165) is 11.5 Å². The van der Waals surface area contributed by atoms with Crippen LogP contribution in [-0.2, 0) is 9.53 Å². The van der Waals surface area contributed by atoms with Crippen LogP contribution in [-0.4, -0.2) is 19.0 Å². The molecule has 5 heteroatoms. The van der Waals surface area contributed by atoms with Crippen molar-refractivity contribution in [2.45, 2.75) is 6.92 Å². The van der Waals surface area contributed by atoms with Gasteiger partial charge in [-0.15, -0.1) is 0 Å². The molecule has 0 unspecified atom stereocenters. The second-order valence-electron chi connectivity index (χ2n) is 4.51. The summed E-state index contributed by atoms with van der Waals surface area (Å²) in [6.07, 6.45) is 1.56. The van der Waals surface area contributed by atoms with Crippen molar-refractivity contribution in [1.29, 1.82) is 0 Å². The Hall–Kier alpha value is -2.82. The molecule has 0 saturated carbocycles. The predicted octanol–water partition coefficient (Wildman–Crippen LogP) is 2.94. The number of aliphatic imine (C=N–C) groups is 1. The summed E-state index contributed by atoms with van der Waals surface area (Å²) in [5.74, 6) is 1.85. The molecule has 0 amide bonds. The van der Waals surface area contributed by atoms with Crippen LogP contribution in [0, 0.1) is 6.92 Å². The number of hydrogen-bond donors (Lipinski definition) is 0. The number of carbonyl (C=O) groups is 1. The molecule has 0 radical (unpaired) electrons. The fourth-order valence-electron chi connectivity index (χ4n) is 1.93. The zero-order valence-corrected chi connectivity index (χ0v) is 11.6. The first-order chi connectivity index (χ1) is 10.2. The monoisotopic (exact) mass is 283 g/mol. The highest BCUT2D eigenvalue weighted by Crippen LogP contribution is 2.21. The minimum atomic E-state index is -0.491. The van der Waals surface area contributed by atoms with Gasteiger partial charge in [0.05, 0.1) is 7.11 Å². The zero-order valence-electron chi connectivity index (χ0n) is 11.6. The van der Waals surface area contributed by atoms with Gasteiger partial charge >= 0.3 is 5.97 Å². The van der Waals surface area contributed by atoms with Crippen LogP contribution in [0.3, 0.4) is 0 Å². The fraction of sp³-hybridized carbons (Fsp3) is 0.125. The zero-order chi connectivity index (χ0) is 14.8. The smallest absolute Gasteiger partial charge is 0.363 e. The van der Waals surface area contributed by atoms with Crippen molar-refractivity contribution in [2.24, 2.45) is 4.99 Å². The minimum absolute atomic E-state index is 0.218. The molecule has 21 heavy (non-hydrogen) atoms. The molecule has 0 N–H and O–H groups in total. The Bertz CT molecular complexity index is 738. The topological polar surface area (TPSA) is 61.0 Å². The van der Waals surface area contributed by atoms with Crippen molar-refractivity contribution in [3.8, 4) is 5.75 Å². The molecule has 2 aromatic rings. The summed E-state index contributed by atoms with van der Waals surface area (Å²) >= 11 is 0. The molecule has 0 saturated heterocycles. The number of aryl methyl sites for hydroxylation is 1. The number of hydrogen-bond acceptors (Lipinski definition) is 5. The van der Waals surface area contributed by atoms with E-state index in [9.17, 15) is 4.79 Å². The summed E-state index contributed by atoms with van der Waals surface area (Å²) in [6.45, 7) is 1.83. The van der Waals surface area contributed by atoms with Crippen molar-refractivity contribution in [2.75, 3.05) is 7.11 Å². The Kier molecular flexibility index (Phi) is 3.31. The number of cyclic esters (lactones) is 1. The lowest BCUT2D eigenvalue weighted by molar-refractivity contribution is -0.129. The number of benzene rings is 1. The summed E-state index contributed by atoms with van der Waals surface area (Å²) < 4.78 is 15.7. The molecule has 1 aliphatic rings. The van der Waals surface area contributed by atoms with E-state index in [1.807, 2.05) is 13.0 Å². The molecular weight excluding hydrogens is 270 g/mol. The summed E-state index contributed by atoms with van der Waals surface area (Å²) in [7, 11) is 1.59. The largest absolute Gasteiger partial charge is 0.497 e. The third kappa shape index (κ3) is 2.72. The lowest BCUT2D eigenvalue weighted by atomic mass is 10.2. The number of esters is 1. The molecular formula is C16H13NO4. The normalized spacial score (nSPS) is 16.0. The first kappa shape index (κ1) is 13.2. The van der Waals surface area contributed by atoms with Gasteiger partial charge in [-0.2, -0.15) is 0 Å². The van der Waals surface area contributed by atoms with Gasteiger partial charge in [0.2, 0.25) is 5.90 Å². The highest BCUT2D eigenvalue weighted by molar-refractivity contribution is 6.12. The maximum Gasteiger partial charge on any atom is 0.363 e. The van der Waals surface area contributed by atoms with Crippen LogP contribution in [0.5, 0.6) is 5.75 Å². The maximum atomic E-state index is 11.8. The molecule has 106 valence electrons. The van der Waals surface area contributed by atoms with E-state index in [4.69, 9.17) is 13.9 Å². The maximum absolute atomic E-state index is 11.8. The van der Waals surface area contributed by atoms with Crippen LogP contribution in [0.4, 0.5) is 0 Å². The third-order valence-corrected chi connectivity index (χ3v) is 3.00. The summed E-state index contributed by atoms with van der Waals surface area (Å²) in [4.78, 5) is 16.0. The molecule has 0 fully saturated rings. The first-order valence-electron chi connectivity index (χ1n) is 6.39. The molecule has 1 aliphatic heterocycles. The second kappa shape index (κ2) is 5.28. The van der Waals surface area contributed by atoms with Gasteiger partial charge in [0, 0.05) is 11.6 Å². The van der Waals surface area contributed by atoms with Crippen LogP contribution in [0.25, 0.3) is 6.08 Å². The standard InChI is InChI=1S/C16H13NO4/c1-10-3-6-13(20-10)9-14-16(18)21-15(17-14)11-4-7-12(19-2)8-5-11/h3-9H,1-2H3/b14-9-. The Balaban J connectivity index is 1.89. The number of carbonyl (C=O) groups excluding carboxylic acids is 1. The molecule has 1 aromatic heterocycles. The summed E-state index contributed by atoms with van der Waals surface area (Å²) in [5.41, 5.74) is 0.929. The third-order valence-electron chi connectivity index (χ3n) is 3.00. The van der Waals surface area contributed by atoms with Gasteiger partial charge < -0.3 is 13.9 Å². The van der Waals surface area contributed by atoms with E-state index < -0.39 is 5.97 Å². The van der Waals surface area contributed by atoms with Gasteiger partial charge in [0.15, 0.2) is 5.70 Å². The predicted molar refractivity (Wildman–Crippen MR) is 77.0 cm³/mol. The number of rotatable bonds is 3. The average molecular weight is 283 g/mol. The van der Waals surface area contributed by atoms with Gasteiger partial charge in [0.25, 0.3) is 0 Å². The van der Waals surface area contributed by atoms with Crippen molar-refractivity contribution >= 4 is 17.9 Å². The Labute approximate surface area is 121 Å². The Morgan fingerprint density at radius 3 is 2.52 bits per heavy atom. The van der Waals surface area contributed by atoms with Gasteiger partial charge in [-0.05, 0) is 43.3 Å². The lowest BCUT2D eigenvalue weighted by Gasteiger charge is -2.01. The molecule has 1 aromatic carbocycles. The van der Waals surface area contributed by atoms with E-state index in [0.29, 0.717) is 11.3 Å². The van der Waals surface area contributed by atoms with E-state index in [1.165, 1.54) is 0 Å². The molecule has 0 spiro atoms. The molecule has 2 heterocycles. The highest BCUT2D eigenvalue weighted by atomic mass is 16.6. The highest BCUT2D eigenvalue weighted by Gasteiger charge is 2.24. The van der Waals surface area contributed by atoms with Gasteiger partial charge in [-0.25, -0.2) is 9.79 Å². The van der Waals surface area contributed by atoms with Gasteiger partial charge in [-0.1, -0.05) is 0 Å². The van der Waals surface area contributed by atoms with Crippen molar-refractivity contribution in [3.05, 3.63) is 59.2 Å². The quantitative estimate of drug-likeness (QED) is 0.642. The van der Waals surface area contributed by atoms with Crippen LogP contribution >= 0.6 is 0 Å². The van der Waals surface area contributed by atoms with Gasteiger partial charge in [0.1, 0.15) is 17.3 Å². The van der Waals surface area contributed by atoms with Crippen LogP contribution < -0.4 is 4.74 Å². The van der Waals surface area contributed by atoms with Crippen molar-refractivity contribution < 1.29 is 18.7 Å². The second-order valence-corrected chi connectivity index (χ2v) is 4.51. The van der Waals surface area contributed by atoms with Gasteiger partial charge in [-0.3, -0.25) is 0 Å². The summed E-state index contributed by atoms with van der Waals surface area (Å²) in [5, 5.41) is 0. The SMILES string of the molecule is COc1ccc(C2=N/C(=C\c3ccc(C)o3)C(=O)O2)cc1. The Morgan fingerprint density at radius 1 is 1.14 bits per heavy atom. The number of methoxy groups -OCH3 is 1. The van der Waals surface area contributed by atoms with E-state index in [-0.39, 0.29) is 11.6 Å². The minimum Gasteiger partial charge on any atom is -0.497 e. The molecule has 3 rings (SSSR count). The summed E-state index contributed by atoms with van der Waals surface area (Å²) in [6, 6.07) is 10.7. The average Bonchev–Trinajstić information content (AvgIpc) is 3.06. The number of furan rings is 1. The number of ether oxygens (including phenoxy) is 2. The first-order valence-corrected chi connectivity index (χ1v) is 6.39.